The zero-order valence-electron chi connectivity index (χ0n) is 18.4. The highest BCUT2D eigenvalue weighted by molar-refractivity contribution is 5.98. The summed E-state index contributed by atoms with van der Waals surface area (Å²) in [6, 6.07) is 5.95. The Balaban J connectivity index is 1.43. The van der Waals surface area contributed by atoms with Crippen LogP contribution in [0, 0.1) is 0 Å². The molecule has 0 radical (unpaired) electrons. The van der Waals surface area contributed by atoms with Gasteiger partial charge in [0.2, 0.25) is 0 Å². The third-order valence-electron chi connectivity index (χ3n) is 6.74. The Hall–Kier alpha value is -2.59. The number of nitrogens with zero attached hydrogens (tertiary/aromatic N) is 3. The number of hydrogen-bond donors (Lipinski definition) is 3. The van der Waals surface area contributed by atoms with Crippen molar-refractivity contribution >= 4 is 17.4 Å². The minimum atomic E-state index is -4.74. The molecule has 7 nitrogen and oxygen atoms in total. The molecule has 1 saturated carbocycles. The second-order valence-electron chi connectivity index (χ2n) is 8.99. The van der Waals surface area contributed by atoms with Crippen LogP contribution in [0.25, 0.3) is 0 Å². The van der Waals surface area contributed by atoms with Crippen LogP contribution in [0.5, 0.6) is 0 Å². The number of carbonyl (C=O) groups is 1. The number of carbonyl (C=O) groups excluding carboxylic acids is 1. The molecular formula is C23H30F3N5O2. The monoisotopic (exact) mass is 465 g/mol. The van der Waals surface area contributed by atoms with E-state index < -0.39 is 18.2 Å². The van der Waals surface area contributed by atoms with Gasteiger partial charge in [-0.2, -0.15) is 18.3 Å². The van der Waals surface area contributed by atoms with E-state index in [9.17, 15) is 23.1 Å². The molecule has 10 heteroatoms. The lowest BCUT2D eigenvalue weighted by atomic mass is 9.89. The second-order valence-corrected chi connectivity index (χ2v) is 8.99. The van der Waals surface area contributed by atoms with Crippen LogP contribution in [0.3, 0.4) is 0 Å². The van der Waals surface area contributed by atoms with Gasteiger partial charge in [-0.3, -0.25) is 9.48 Å². The topological polar surface area (TPSA) is 96.4 Å². The quantitative estimate of drug-likeness (QED) is 0.592. The molecule has 4 N–H and O–H groups in total. The molecule has 1 saturated heterocycles. The summed E-state index contributed by atoms with van der Waals surface area (Å²) in [6.07, 6.45) is 2.32. The van der Waals surface area contributed by atoms with Crippen LogP contribution in [0.4, 0.5) is 24.7 Å². The van der Waals surface area contributed by atoms with E-state index in [1.807, 2.05) is 0 Å². The van der Waals surface area contributed by atoms with Gasteiger partial charge in [-0.05, 0) is 69.3 Å². The van der Waals surface area contributed by atoms with Crippen LogP contribution >= 0.6 is 0 Å². The van der Waals surface area contributed by atoms with Gasteiger partial charge in [0.1, 0.15) is 5.56 Å². The summed E-state index contributed by atoms with van der Waals surface area (Å²) < 4.78 is 39.9. The number of aromatic nitrogens is 2. The summed E-state index contributed by atoms with van der Waals surface area (Å²) >= 11 is 0. The van der Waals surface area contributed by atoms with Gasteiger partial charge in [-0.1, -0.05) is 18.6 Å². The van der Waals surface area contributed by atoms with E-state index in [0.717, 1.165) is 25.7 Å². The molecule has 2 aromatic rings. The number of rotatable bonds is 6. The highest BCUT2D eigenvalue weighted by atomic mass is 19.4. The van der Waals surface area contributed by atoms with Crippen molar-refractivity contribution < 1.29 is 23.1 Å². The second kappa shape index (κ2) is 9.72. The van der Waals surface area contributed by atoms with E-state index in [1.54, 1.807) is 10.9 Å². The lowest BCUT2D eigenvalue weighted by Crippen LogP contribution is -2.41. The summed E-state index contributed by atoms with van der Waals surface area (Å²) in [5, 5.41) is 16.9. The smallest absolute Gasteiger partial charge is 0.379 e. The first-order chi connectivity index (χ1) is 15.7. The summed E-state index contributed by atoms with van der Waals surface area (Å²) in [5.74, 6) is -0.361. The maximum Gasteiger partial charge on any atom is 0.418 e. The van der Waals surface area contributed by atoms with E-state index in [0.29, 0.717) is 11.7 Å². The van der Waals surface area contributed by atoms with Crippen molar-refractivity contribution in [2.24, 2.45) is 5.73 Å². The number of piperidine rings is 1. The number of nitrogens with one attached hydrogen (secondary N) is 1. The highest BCUT2D eigenvalue weighted by Crippen LogP contribution is 2.35. The molecule has 0 bridgehead atoms. The number of amides is 1. The van der Waals surface area contributed by atoms with Crippen LogP contribution in [-0.2, 0) is 0 Å². The Kier molecular flexibility index (Phi) is 6.94. The molecular weight excluding hydrogens is 435 g/mol. The molecule has 1 atom stereocenters. The molecule has 180 valence electrons. The fraction of sp³-hybridized carbons (Fsp3) is 0.565. The van der Waals surface area contributed by atoms with Crippen LogP contribution < -0.4 is 11.1 Å². The number of halogens is 3. The average molecular weight is 466 g/mol. The number of primary amides is 1. The maximum absolute atomic E-state index is 12.7. The molecule has 1 amide bonds. The average Bonchev–Trinajstić information content (AvgIpc) is 3.23. The SMILES string of the molecule is NC(=O)c1cn(C2CCC(N3CCCCC3)CC2)nc1Nc1ccc([C@H](O)C(F)(F)F)cc1. The normalized spacial score (nSPS) is 23.3. The van der Waals surface area contributed by atoms with E-state index in [2.05, 4.69) is 15.3 Å². The first kappa shape index (κ1) is 23.6. The first-order valence-corrected chi connectivity index (χ1v) is 11.5. The van der Waals surface area contributed by atoms with Gasteiger partial charge in [0.05, 0.1) is 6.04 Å². The third kappa shape index (κ3) is 5.50. The minimum Gasteiger partial charge on any atom is -0.379 e. The number of aliphatic hydroxyl groups excluding tert-OH is 1. The third-order valence-corrected chi connectivity index (χ3v) is 6.74. The van der Waals surface area contributed by atoms with Crippen molar-refractivity contribution in [1.29, 1.82) is 0 Å². The number of likely N-dealkylation sites (tertiary alicyclic amines) is 1. The molecule has 0 unspecified atom stereocenters. The van der Waals surface area contributed by atoms with Crippen molar-refractivity contribution in [3.05, 3.63) is 41.6 Å². The van der Waals surface area contributed by atoms with Crippen LogP contribution in [0.2, 0.25) is 0 Å². The lowest BCUT2D eigenvalue weighted by molar-refractivity contribution is -0.206. The summed E-state index contributed by atoms with van der Waals surface area (Å²) in [7, 11) is 0. The molecule has 2 aliphatic rings. The first-order valence-electron chi connectivity index (χ1n) is 11.5. The van der Waals surface area contributed by atoms with Gasteiger partial charge in [-0.15, -0.1) is 0 Å². The zero-order chi connectivity index (χ0) is 23.6. The molecule has 1 aliphatic carbocycles. The summed E-state index contributed by atoms with van der Waals surface area (Å²) in [5.41, 5.74) is 5.95. The Morgan fingerprint density at radius 3 is 2.24 bits per heavy atom. The molecule has 33 heavy (non-hydrogen) atoms. The van der Waals surface area contributed by atoms with Gasteiger partial charge in [-0.25, -0.2) is 0 Å². The largest absolute Gasteiger partial charge is 0.418 e. The van der Waals surface area contributed by atoms with Crippen molar-refractivity contribution in [1.82, 2.24) is 14.7 Å². The number of hydrogen-bond acceptors (Lipinski definition) is 5. The van der Waals surface area contributed by atoms with E-state index >= 15 is 0 Å². The molecule has 0 spiro atoms. The van der Waals surface area contributed by atoms with Crippen molar-refractivity contribution in [3.63, 3.8) is 0 Å². The molecule has 2 fully saturated rings. The van der Waals surface area contributed by atoms with Crippen LogP contribution in [0.1, 0.15) is 73.0 Å². The summed E-state index contributed by atoms with van der Waals surface area (Å²) in [6.45, 7) is 2.35. The standard InChI is InChI=1S/C23H30F3N5O2/c24-23(25,26)20(32)15-4-6-16(7-5-15)28-22-19(21(27)33)14-31(29-22)18-10-8-17(9-11-18)30-12-2-1-3-13-30/h4-7,14,17-18,20,32H,1-3,8-13H2,(H2,27,33)(H,28,29)/t17?,18?,20-/m0/s1. The maximum atomic E-state index is 12.7. The highest BCUT2D eigenvalue weighted by Gasteiger charge is 2.39. The predicted octanol–water partition coefficient (Wildman–Crippen LogP) is 4.29. The molecule has 1 aromatic heterocycles. The number of nitrogens with two attached hydrogens (primary N) is 1. The van der Waals surface area contributed by atoms with Crippen molar-refractivity contribution in [2.75, 3.05) is 18.4 Å². The zero-order valence-corrected chi connectivity index (χ0v) is 18.4. The van der Waals surface area contributed by atoms with Gasteiger partial charge in [0, 0.05) is 17.9 Å². The van der Waals surface area contributed by atoms with Gasteiger partial charge < -0.3 is 21.1 Å². The number of aliphatic hydroxyl groups is 1. The van der Waals surface area contributed by atoms with Gasteiger partial charge >= 0.3 is 6.18 Å². The van der Waals surface area contributed by atoms with Crippen molar-refractivity contribution in [2.45, 2.75) is 69.3 Å². The molecule has 1 aromatic carbocycles. The van der Waals surface area contributed by atoms with Gasteiger partial charge in [0.15, 0.2) is 11.9 Å². The van der Waals surface area contributed by atoms with E-state index in [-0.39, 0.29) is 23.0 Å². The number of anilines is 2. The van der Waals surface area contributed by atoms with Crippen LogP contribution in [0.15, 0.2) is 30.5 Å². The summed E-state index contributed by atoms with van der Waals surface area (Å²) in [4.78, 5) is 14.6. The van der Waals surface area contributed by atoms with E-state index in [1.165, 1.54) is 56.6 Å². The Bertz CT molecular complexity index is 946. The Morgan fingerprint density at radius 2 is 1.67 bits per heavy atom. The van der Waals surface area contributed by atoms with E-state index in [4.69, 9.17) is 5.73 Å². The predicted molar refractivity (Wildman–Crippen MR) is 118 cm³/mol. The number of benzene rings is 1. The molecule has 1 aliphatic heterocycles. The van der Waals surface area contributed by atoms with Crippen molar-refractivity contribution in [3.8, 4) is 0 Å². The Morgan fingerprint density at radius 1 is 1.06 bits per heavy atom. The van der Waals surface area contributed by atoms with Crippen LogP contribution in [-0.4, -0.2) is 51.0 Å². The molecule has 4 rings (SSSR count). The minimum absolute atomic E-state index is 0.170. The number of alkyl halides is 3. The van der Waals surface area contributed by atoms with Gasteiger partial charge in [0.25, 0.3) is 5.91 Å². The Labute approximate surface area is 190 Å². The fourth-order valence-corrected chi connectivity index (χ4v) is 4.90. The molecule has 2 heterocycles. The fourth-order valence-electron chi connectivity index (χ4n) is 4.90. The lowest BCUT2D eigenvalue weighted by Gasteiger charge is -2.38.